The number of hydrogen-bond donors (Lipinski definition) is 1. The average Bonchev–Trinajstić information content (AvgIpc) is 3.10. The lowest BCUT2D eigenvalue weighted by atomic mass is 9.90. The molecule has 2 aromatic rings. The molecule has 1 fully saturated rings. The molecule has 24 heavy (non-hydrogen) atoms. The maximum atomic E-state index is 11.1. The van der Waals surface area contributed by atoms with E-state index >= 15 is 0 Å². The van der Waals surface area contributed by atoms with Crippen molar-refractivity contribution in [2.75, 3.05) is 13.1 Å². The Labute approximate surface area is 147 Å². The van der Waals surface area contributed by atoms with E-state index in [9.17, 15) is 5.11 Å². The monoisotopic (exact) mass is 352 g/mol. The van der Waals surface area contributed by atoms with Gasteiger partial charge in [0.15, 0.2) is 0 Å². The van der Waals surface area contributed by atoms with Gasteiger partial charge in [0.1, 0.15) is 16.4 Å². The Morgan fingerprint density at radius 1 is 1.42 bits per heavy atom. The fraction of sp³-hybridized carbons (Fsp3) is 0.688. The van der Waals surface area contributed by atoms with Gasteiger partial charge in [-0.1, -0.05) is 16.8 Å². The second-order valence-electron chi connectivity index (χ2n) is 7.00. The summed E-state index contributed by atoms with van der Waals surface area (Å²) in [5, 5.41) is 24.5. The van der Waals surface area contributed by atoms with Crippen molar-refractivity contribution in [1.82, 2.24) is 29.7 Å². The van der Waals surface area contributed by atoms with E-state index in [2.05, 4.69) is 20.3 Å². The summed E-state index contributed by atoms with van der Waals surface area (Å²) in [5.41, 5.74) is 1.64. The maximum absolute atomic E-state index is 11.1. The summed E-state index contributed by atoms with van der Waals surface area (Å²) in [6, 6.07) is 0.228. The second-order valence-corrected chi connectivity index (χ2v) is 7.36. The van der Waals surface area contributed by atoms with Crippen LogP contribution >= 0.6 is 11.6 Å². The van der Waals surface area contributed by atoms with E-state index < -0.39 is 5.60 Å². The first-order valence-corrected chi connectivity index (χ1v) is 8.73. The molecule has 3 heterocycles. The molecule has 2 aromatic heterocycles. The predicted octanol–water partition coefficient (Wildman–Crippen LogP) is 2.04. The fourth-order valence-electron chi connectivity index (χ4n) is 3.29. The van der Waals surface area contributed by atoms with Crippen LogP contribution in [0.2, 0.25) is 5.15 Å². The largest absolute Gasteiger partial charge is 0.382 e. The summed E-state index contributed by atoms with van der Waals surface area (Å²) < 4.78 is 3.48. The summed E-state index contributed by atoms with van der Waals surface area (Å²) in [7, 11) is 1.84. The zero-order valence-electron chi connectivity index (χ0n) is 14.7. The number of hydrogen-bond acceptors (Lipinski definition) is 5. The van der Waals surface area contributed by atoms with E-state index in [0.29, 0.717) is 30.4 Å². The smallest absolute Gasteiger partial charge is 0.131 e. The van der Waals surface area contributed by atoms with Crippen LogP contribution in [0.4, 0.5) is 0 Å². The molecule has 0 bridgehead atoms. The van der Waals surface area contributed by atoms with Crippen molar-refractivity contribution in [3.63, 3.8) is 0 Å². The lowest BCUT2D eigenvalue weighted by Crippen LogP contribution is -2.46. The Bertz CT molecular complexity index is 724. The first-order valence-electron chi connectivity index (χ1n) is 8.35. The van der Waals surface area contributed by atoms with Gasteiger partial charge in [0.25, 0.3) is 0 Å². The van der Waals surface area contributed by atoms with Gasteiger partial charge in [-0.2, -0.15) is 5.10 Å². The lowest BCUT2D eigenvalue weighted by Gasteiger charge is -2.38. The van der Waals surface area contributed by atoms with Crippen molar-refractivity contribution in [3.8, 4) is 0 Å². The Kier molecular flexibility index (Phi) is 4.68. The molecular formula is C16H25ClN6O. The fourth-order valence-corrected chi connectivity index (χ4v) is 3.52. The van der Waals surface area contributed by atoms with Crippen LogP contribution in [0.3, 0.4) is 0 Å². The number of piperidine rings is 1. The third kappa shape index (κ3) is 3.20. The van der Waals surface area contributed by atoms with E-state index in [1.54, 1.807) is 9.36 Å². The predicted molar refractivity (Wildman–Crippen MR) is 91.8 cm³/mol. The van der Waals surface area contributed by atoms with Gasteiger partial charge in [-0.3, -0.25) is 9.58 Å². The number of likely N-dealkylation sites (tertiary alicyclic amines) is 1. The molecule has 0 unspecified atom stereocenters. The maximum Gasteiger partial charge on any atom is 0.131 e. The molecule has 1 atom stereocenters. The quantitative estimate of drug-likeness (QED) is 0.911. The van der Waals surface area contributed by atoms with Gasteiger partial charge in [0.05, 0.1) is 11.9 Å². The number of halogens is 1. The van der Waals surface area contributed by atoms with Crippen molar-refractivity contribution in [3.05, 3.63) is 28.3 Å². The molecule has 0 aromatic carbocycles. The molecule has 0 aliphatic carbocycles. The van der Waals surface area contributed by atoms with E-state index in [1.807, 2.05) is 34.0 Å². The minimum Gasteiger partial charge on any atom is -0.382 e. The topological polar surface area (TPSA) is 72.0 Å². The minimum absolute atomic E-state index is 0.228. The Balaban J connectivity index is 1.78. The van der Waals surface area contributed by atoms with Crippen molar-refractivity contribution >= 4 is 11.6 Å². The standard InChI is InChI=1S/C16H25ClN6O/c1-11(2)23-9-14(18-20-23)16(24)6-5-7-22(10-16)8-13-12(3)19-21(4)15(13)17/h9,11,24H,5-8,10H2,1-4H3/t16-/m0/s1. The zero-order chi connectivity index (χ0) is 17.5. The minimum atomic E-state index is -0.964. The highest BCUT2D eigenvalue weighted by molar-refractivity contribution is 6.30. The number of nitrogens with zero attached hydrogens (tertiary/aromatic N) is 6. The van der Waals surface area contributed by atoms with Crippen LogP contribution in [0.1, 0.15) is 49.7 Å². The van der Waals surface area contributed by atoms with Gasteiger partial charge in [-0.05, 0) is 40.2 Å². The van der Waals surface area contributed by atoms with Gasteiger partial charge in [-0.15, -0.1) is 5.10 Å². The Hall–Kier alpha value is -1.44. The highest BCUT2D eigenvalue weighted by Gasteiger charge is 2.38. The third-order valence-corrected chi connectivity index (χ3v) is 5.19. The van der Waals surface area contributed by atoms with Crippen molar-refractivity contribution < 1.29 is 5.11 Å². The summed E-state index contributed by atoms with van der Waals surface area (Å²) >= 11 is 6.35. The van der Waals surface area contributed by atoms with Crippen LogP contribution in [-0.2, 0) is 19.2 Å². The van der Waals surface area contributed by atoms with E-state index in [0.717, 1.165) is 24.2 Å². The van der Waals surface area contributed by atoms with Gasteiger partial charge >= 0.3 is 0 Å². The number of aliphatic hydroxyl groups is 1. The van der Waals surface area contributed by atoms with Crippen LogP contribution < -0.4 is 0 Å². The first kappa shape index (κ1) is 17.4. The molecule has 1 aliphatic rings. The number of aryl methyl sites for hydroxylation is 2. The molecule has 1 N–H and O–H groups in total. The molecular weight excluding hydrogens is 328 g/mol. The van der Waals surface area contributed by atoms with Crippen LogP contribution in [0.25, 0.3) is 0 Å². The molecule has 0 amide bonds. The summed E-state index contributed by atoms with van der Waals surface area (Å²) in [4.78, 5) is 2.22. The molecule has 3 rings (SSSR count). The van der Waals surface area contributed by atoms with E-state index in [4.69, 9.17) is 11.6 Å². The van der Waals surface area contributed by atoms with Crippen molar-refractivity contribution in [2.24, 2.45) is 7.05 Å². The molecule has 8 heteroatoms. The number of rotatable bonds is 4. The molecule has 0 radical (unpaired) electrons. The van der Waals surface area contributed by atoms with Crippen LogP contribution in [0, 0.1) is 6.92 Å². The molecule has 1 saturated heterocycles. The zero-order valence-corrected chi connectivity index (χ0v) is 15.5. The van der Waals surface area contributed by atoms with Crippen LogP contribution in [0.15, 0.2) is 6.20 Å². The molecule has 132 valence electrons. The van der Waals surface area contributed by atoms with E-state index in [-0.39, 0.29) is 6.04 Å². The average molecular weight is 353 g/mol. The van der Waals surface area contributed by atoms with Gasteiger partial charge < -0.3 is 5.11 Å². The first-order chi connectivity index (χ1) is 11.3. The highest BCUT2D eigenvalue weighted by atomic mass is 35.5. The summed E-state index contributed by atoms with van der Waals surface area (Å²) in [5.74, 6) is 0. The van der Waals surface area contributed by atoms with Gasteiger partial charge in [0.2, 0.25) is 0 Å². The highest BCUT2D eigenvalue weighted by Crippen LogP contribution is 2.32. The van der Waals surface area contributed by atoms with Gasteiger partial charge in [-0.25, -0.2) is 4.68 Å². The van der Waals surface area contributed by atoms with E-state index in [1.165, 1.54) is 0 Å². The second kappa shape index (κ2) is 6.46. The van der Waals surface area contributed by atoms with Crippen LogP contribution in [0.5, 0.6) is 0 Å². The van der Waals surface area contributed by atoms with Crippen LogP contribution in [-0.4, -0.2) is 47.9 Å². The van der Waals surface area contributed by atoms with Gasteiger partial charge in [0, 0.05) is 31.7 Å². The molecule has 7 nitrogen and oxygen atoms in total. The SMILES string of the molecule is Cc1nn(C)c(Cl)c1CN1CCC[C@@](O)(c2cn(C(C)C)nn2)C1. The van der Waals surface area contributed by atoms with Crippen molar-refractivity contribution in [2.45, 2.75) is 51.8 Å². The molecule has 1 aliphatic heterocycles. The normalized spacial score (nSPS) is 22.5. The Morgan fingerprint density at radius 2 is 2.17 bits per heavy atom. The summed E-state index contributed by atoms with van der Waals surface area (Å²) in [6.45, 7) is 8.18. The third-order valence-electron chi connectivity index (χ3n) is 4.72. The number of aromatic nitrogens is 5. The molecule has 0 saturated carbocycles. The summed E-state index contributed by atoms with van der Waals surface area (Å²) in [6.07, 6.45) is 3.46. The number of β-amino-alcohol motifs (C(OH)–C–C–N with tert-alkyl or cyclic N) is 1. The lowest BCUT2D eigenvalue weighted by molar-refractivity contribution is -0.0415. The Morgan fingerprint density at radius 3 is 2.75 bits per heavy atom. The van der Waals surface area contributed by atoms with Crippen molar-refractivity contribution in [1.29, 1.82) is 0 Å². The molecule has 0 spiro atoms.